The van der Waals surface area contributed by atoms with Gasteiger partial charge in [-0.05, 0) is 31.2 Å². The molecule has 2 aromatic heterocycles. The van der Waals surface area contributed by atoms with E-state index in [0.717, 1.165) is 5.56 Å². The van der Waals surface area contributed by atoms with Crippen LogP contribution in [0.5, 0.6) is 5.75 Å². The summed E-state index contributed by atoms with van der Waals surface area (Å²) in [4.78, 5) is 21.1. The molecule has 1 atom stereocenters. The summed E-state index contributed by atoms with van der Waals surface area (Å²) in [5.74, 6) is 1.21. The summed E-state index contributed by atoms with van der Waals surface area (Å²) >= 11 is 0. The summed E-state index contributed by atoms with van der Waals surface area (Å²) in [5.41, 5.74) is 8.16. The van der Waals surface area contributed by atoms with Gasteiger partial charge in [-0.3, -0.25) is 9.78 Å². The number of pyridine rings is 1. The number of hydrogen-bond acceptors (Lipinski definition) is 6. The van der Waals surface area contributed by atoms with Crippen LogP contribution < -0.4 is 15.8 Å². The Morgan fingerprint density at radius 1 is 1.26 bits per heavy atom. The van der Waals surface area contributed by atoms with Crippen LogP contribution in [0.25, 0.3) is 11.4 Å². The average molecular weight is 362 g/mol. The number of hydrogen-bond donors (Lipinski definition) is 2. The Labute approximate surface area is 155 Å². The van der Waals surface area contributed by atoms with Crippen molar-refractivity contribution in [1.82, 2.24) is 19.7 Å². The second-order valence-corrected chi connectivity index (χ2v) is 6.12. The number of nitrogens with one attached hydrogen (secondary N) is 1. The first-order valence-electron chi connectivity index (χ1n) is 8.38. The maximum absolute atomic E-state index is 12.1. The Hall–Kier alpha value is -3.68. The van der Waals surface area contributed by atoms with Crippen molar-refractivity contribution in [3.63, 3.8) is 0 Å². The van der Waals surface area contributed by atoms with Gasteiger partial charge in [-0.2, -0.15) is 4.98 Å². The van der Waals surface area contributed by atoms with Crippen LogP contribution in [0, 0.1) is 0 Å². The van der Waals surface area contributed by atoms with Crippen LogP contribution in [0.4, 0.5) is 5.95 Å². The number of nitrogens with zero attached hydrogens (tertiary/aromatic N) is 4. The van der Waals surface area contributed by atoms with E-state index in [-0.39, 0.29) is 0 Å². The predicted octanol–water partition coefficient (Wildman–Crippen LogP) is 2.12. The molecule has 1 unspecified atom stereocenters. The van der Waals surface area contributed by atoms with Crippen LogP contribution in [-0.4, -0.2) is 32.8 Å². The molecule has 136 valence electrons. The summed E-state index contributed by atoms with van der Waals surface area (Å²) < 4.78 is 6.92. The lowest BCUT2D eigenvalue weighted by Crippen LogP contribution is -2.32. The topological polar surface area (TPSA) is 108 Å². The number of fused-ring (bicyclic) bond motifs is 1. The highest BCUT2D eigenvalue weighted by molar-refractivity contribution is 5.95. The lowest BCUT2D eigenvalue weighted by Gasteiger charge is -2.26. The van der Waals surface area contributed by atoms with E-state index >= 15 is 0 Å². The number of aromatic nitrogens is 4. The smallest absolute Gasteiger partial charge is 0.248 e. The lowest BCUT2D eigenvalue weighted by molar-refractivity contribution is -0.115. The van der Waals surface area contributed by atoms with Crippen molar-refractivity contribution >= 4 is 11.9 Å². The molecule has 3 aromatic rings. The van der Waals surface area contributed by atoms with Gasteiger partial charge in [0.1, 0.15) is 11.8 Å². The van der Waals surface area contributed by atoms with E-state index in [2.05, 4.69) is 20.4 Å². The fraction of sp³-hybridized carbons (Fsp3) is 0.158. The van der Waals surface area contributed by atoms with Gasteiger partial charge in [-0.25, -0.2) is 4.68 Å². The number of carbonyl (C=O) groups excluding carboxylic acids is 1. The molecule has 8 heteroatoms. The van der Waals surface area contributed by atoms with Gasteiger partial charge < -0.3 is 15.8 Å². The summed E-state index contributed by atoms with van der Waals surface area (Å²) in [6.07, 6.45) is 1.67. The van der Waals surface area contributed by atoms with Crippen molar-refractivity contribution in [3.05, 3.63) is 65.6 Å². The van der Waals surface area contributed by atoms with Gasteiger partial charge in [0, 0.05) is 17.5 Å². The van der Waals surface area contributed by atoms with E-state index in [1.165, 1.54) is 0 Å². The number of methoxy groups -OCH3 is 1. The summed E-state index contributed by atoms with van der Waals surface area (Å²) in [6, 6.07) is 12.4. The van der Waals surface area contributed by atoms with Crippen LogP contribution >= 0.6 is 0 Å². The Morgan fingerprint density at radius 2 is 2.11 bits per heavy atom. The van der Waals surface area contributed by atoms with Gasteiger partial charge in [0.2, 0.25) is 11.9 Å². The van der Waals surface area contributed by atoms with Gasteiger partial charge in [0.05, 0.1) is 18.4 Å². The van der Waals surface area contributed by atoms with Crippen LogP contribution in [-0.2, 0) is 4.79 Å². The standard InChI is InChI=1S/C19H18N6O2/c1-11-15(17(20)26)16(14-8-3-4-9-21-14)25-19(22-11)23-18(24-25)12-6-5-7-13(10-12)27-2/h3-10,16H,1-2H3,(H2,20,26)(H,22,23,24). The van der Waals surface area contributed by atoms with Crippen LogP contribution in [0.2, 0.25) is 0 Å². The first-order chi connectivity index (χ1) is 13.1. The molecule has 8 nitrogen and oxygen atoms in total. The molecule has 1 aromatic carbocycles. The van der Waals surface area contributed by atoms with Crippen molar-refractivity contribution < 1.29 is 9.53 Å². The molecule has 0 bridgehead atoms. The zero-order chi connectivity index (χ0) is 19.0. The minimum atomic E-state index is -0.549. The van der Waals surface area contributed by atoms with Crippen molar-refractivity contribution in [1.29, 1.82) is 0 Å². The number of anilines is 1. The van der Waals surface area contributed by atoms with Crippen molar-refractivity contribution in [3.8, 4) is 17.1 Å². The molecule has 27 heavy (non-hydrogen) atoms. The van der Waals surface area contributed by atoms with Crippen LogP contribution in [0.3, 0.4) is 0 Å². The number of carbonyl (C=O) groups is 1. The molecule has 0 spiro atoms. The summed E-state index contributed by atoms with van der Waals surface area (Å²) in [6.45, 7) is 1.79. The molecule has 0 saturated carbocycles. The van der Waals surface area contributed by atoms with E-state index in [1.54, 1.807) is 24.9 Å². The molecule has 1 amide bonds. The number of ether oxygens (including phenoxy) is 1. The summed E-state index contributed by atoms with van der Waals surface area (Å²) in [7, 11) is 1.61. The Morgan fingerprint density at radius 3 is 2.81 bits per heavy atom. The van der Waals surface area contributed by atoms with Crippen molar-refractivity contribution in [2.24, 2.45) is 5.73 Å². The number of allylic oxidation sites excluding steroid dienone is 1. The number of nitrogens with two attached hydrogens (primary N) is 1. The second kappa shape index (κ2) is 6.56. The molecule has 0 radical (unpaired) electrons. The molecule has 0 fully saturated rings. The highest BCUT2D eigenvalue weighted by Crippen LogP contribution is 2.35. The monoisotopic (exact) mass is 362 g/mol. The van der Waals surface area contributed by atoms with Crippen molar-refractivity contribution in [2.75, 3.05) is 12.4 Å². The zero-order valence-electron chi connectivity index (χ0n) is 14.9. The molecule has 1 aliphatic heterocycles. The maximum Gasteiger partial charge on any atom is 0.248 e. The van der Waals surface area contributed by atoms with Gasteiger partial charge in [-0.15, -0.1) is 5.10 Å². The quantitative estimate of drug-likeness (QED) is 0.736. The highest BCUT2D eigenvalue weighted by Gasteiger charge is 2.34. The molecule has 0 saturated heterocycles. The van der Waals surface area contributed by atoms with E-state index in [4.69, 9.17) is 10.5 Å². The van der Waals surface area contributed by atoms with Crippen LogP contribution in [0.15, 0.2) is 59.9 Å². The Kier molecular flexibility index (Phi) is 4.08. The van der Waals surface area contributed by atoms with E-state index in [1.807, 2.05) is 42.5 Å². The third kappa shape index (κ3) is 2.91. The van der Waals surface area contributed by atoms with Gasteiger partial charge >= 0.3 is 0 Å². The first kappa shape index (κ1) is 16.8. The molecule has 3 heterocycles. The maximum atomic E-state index is 12.1. The molecule has 3 N–H and O–H groups in total. The SMILES string of the molecule is COc1cccc(-c2nc3n(n2)C(c2ccccn2)C(C(N)=O)=C(C)N3)c1. The van der Waals surface area contributed by atoms with Gasteiger partial charge in [0.15, 0.2) is 5.82 Å². The number of rotatable bonds is 4. The minimum Gasteiger partial charge on any atom is -0.497 e. The Bertz CT molecular complexity index is 1040. The highest BCUT2D eigenvalue weighted by atomic mass is 16.5. The third-order valence-corrected chi connectivity index (χ3v) is 4.41. The molecule has 0 aliphatic carbocycles. The molecular formula is C19H18N6O2. The predicted molar refractivity (Wildman–Crippen MR) is 99.9 cm³/mol. The van der Waals surface area contributed by atoms with E-state index in [0.29, 0.717) is 34.5 Å². The second-order valence-electron chi connectivity index (χ2n) is 6.12. The van der Waals surface area contributed by atoms with E-state index < -0.39 is 11.9 Å². The fourth-order valence-corrected chi connectivity index (χ4v) is 3.17. The largest absolute Gasteiger partial charge is 0.497 e. The number of benzene rings is 1. The first-order valence-corrected chi connectivity index (χ1v) is 8.38. The fourth-order valence-electron chi connectivity index (χ4n) is 3.17. The van der Waals surface area contributed by atoms with Crippen LogP contribution in [0.1, 0.15) is 18.7 Å². The number of amides is 1. The van der Waals surface area contributed by atoms with Gasteiger partial charge in [-0.1, -0.05) is 18.2 Å². The molecule has 1 aliphatic rings. The zero-order valence-corrected chi connectivity index (χ0v) is 14.9. The molecular weight excluding hydrogens is 344 g/mol. The minimum absolute atomic E-state index is 0.406. The normalized spacial score (nSPS) is 15.9. The van der Waals surface area contributed by atoms with Gasteiger partial charge in [0.25, 0.3) is 0 Å². The van der Waals surface area contributed by atoms with E-state index in [9.17, 15) is 4.79 Å². The number of primary amides is 1. The van der Waals surface area contributed by atoms with Crippen molar-refractivity contribution in [2.45, 2.75) is 13.0 Å². The average Bonchev–Trinajstić information content (AvgIpc) is 3.11. The molecule has 4 rings (SSSR count). The third-order valence-electron chi connectivity index (χ3n) is 4.41. The summed E-state index contributed by atoms with van der Waals surface area (Å²) in [5, 5.41) is 7.75. The Balaban J connectivity index is 1.86. The lowest BCUT2D eigenvalue weighted by atomic mass is 9.99.